The van der Waals surface area contributed by atoms with Crippen LogP contribution in [-0.2, 0) is 0 Å². The molecule has 1 heterocycles. The quantitative estimate of drug-likeness (QED) is 0.837. The lowest BCUT2D eigenvalue weighted by molar-refractivity contribution is 0.868. The molecule has 94 valence electrons. The molecule has 0 aliphatic carbocycles. The first-order chi connectivity index (χ1) is 8.59. The highest BCUT2D eigenvalue weighted by Crippen LogP contribution is 2.28. The Balaban J connectivity index is 2.37. The molecule has 0 bridgehead atoms. The molecule has 2 aromatic rings. The second kappa shape index (κ2) is 5.36. The van der Waals surface area contributed by atoms with Gasteiger partial charge in [-0.05, 0) is 24.5 Å². The van der Waals surface area contributed by atoms with Gasteiger partial charge in [0, 0.05) is 11.3 Å². The summed E-state index contributed by atoms with van der Waals surface area (Å²) in [6.07, 6.45) is 1.47. The fourth-order valence-electron chi connectivity index (χ4n) is 1.80. The van der Waals surface area contributed by atoms with Crippen molar-refractivity contribution >= 4 is 23.1 Å². The van der Waals surface area contributed by atoms with E-state index in [0.717, 1.165) is 17.1 Å². The average Bonchev–Trinajstić information content (AvgIpc) is 2.35. The summed E-state index contributed by atoms with van der Waals surface area (Å²) in [6.45, 7) is 6.24. The van der Waals surface area contributed by atoms with E-state index < -0.39 is 0 Å². The number of benzene rings is 1. The molecule has 0 amide bonds. The van der Waals surface area contributed by atoms with E-state index in [1.54, 1.807) is 0 Å². The largest absolute Gasteiger partial charge is 0.340 e. The van der Waals surface area contributed by atoms with Crippen LogP contribution in [0.2, 0.25) is 5.15 Å². The van der Waals surface area contributed by atoms with Crippen LogP contribution in [0.3, 0.4) is 0 Å². The first-order valence-corrected chi connectivity index (χ1v) is 6.30. The topological polar surface area (TPSA) is 37.8 Å². The molecule has 0 radical (unpaired) electrons. The Labute approximate surface area is 112 Å². The summed E-state index contributed by atoms with van der Waals surface area (Å²) < 4.78 is 0. The minimum absolute atomic E-state index is 0.450. The average molecular weight is 262 g/mol. The summed E-state index contributed by atoms with van der Waals surface area (Å²) in [6, 6.07) is 8.21. The summed E-state index contributed by atoms with van der Waals surface area (Å²) in [5, 5.41) is 3.81. The number of hydrogen-bond acceptors (Lipinski definition) is 3. The third-order valence-corrected chi connectivity index (χ3v) is 3.24. The summed E-state index contributed by atoms with van der Waals surface area (Å²) >= 11 is 5.99. The SMILES string of the molecule is Cc1c(Cl)ncnc1Nc1ccccc1C(C)C. The zero-order valence-corrected chi connectivity index (χ0v) is 11.5. The van der Waals surface area contributed by atoms with E-state index in [2.05, 4.69) is 35.2 Å². The standard InChI is InChI=1S/C14H16ClN3/c1-9(2)11-6-4-5-7-12(11)18-14-10(3)13(15)16-8-17-14/h4-9H,1-3H3,(H,16,17,18). The van der Waals surface area contributed by atoms with E-state index in [1.807, 2.05) is 25.1 Å². The Morgan fingerprint density at radius 3 is 2.61 bits per heavy atom. The highest BCUT2D eigenvalue weighted by molar-refractivity contribution is 6.30. The van der Waals surface area contributed by atoms with Gasteiger partial charge in [-0.1, -0.05) is 43.6 Å². The molecule has 3 nitrogen and oxygen atoms in total. The van der Waals surface area contributed by atoms with Crippen molar-refractivity contribution in [2.45, 2.75) is 26.7 Å². The molecule has 1 aromatic carbocycles. The minimum Gasteiger partial charge on any atom is -0.340 e. The molecule has 0 aliphatic heterocycles. The molecular formula is C14H16ClN3. The zero-order valence-electron chi connectivity index (χ0n) is 10.7. The summed E-state index contributed by atoms with van der Waals surface area (Å²) in [5.41, 5.74) is 3.18. The minimum atomic E-state index is 0.450. The normalized spacial score (nSPS) is 10.7. The number of nitrogens with zero attached hydrogens (tertiary/aromatic N) is 2. The van der Waals surface area contributed by atoms with Gasteiger partial charge in [-0.2, -0.15) is 0 Å². The van der Waals surface area contributed by atoms with Gasteiger partial charge in [-0.15, -0.1) is 0 Å². The fourth-order valence-corrected chi connectivity index (χ4v) is 1.93. The van der Waals surface area contributed by atoms with Gasteiger partial charge in [0.1, 0.15) is 17.3 Å². The number of para-hydroxylation sites is 1. The Morgan fingerprint density at radius 2 is 1.89 bits per heavy atom. The monoisotopic (exact) mass is 261 g/mol. The van der Waals surface area contributed by atoms with Crippen LogP contribution in [0.1, 0.15) is 30.9 Å². The smallest absolute Gasteiger partial charge is 0.138 e. The lowest BCUT2D eigenvalue weighted by Gasteiger charge is -2.15. The Kier molecular flexibility index (Phi) is 3.82. The van der Waals surface area contributed by atoms with Gasteiger partial charge in [0.15, 0.2) is 0 Å². The number of aromatic nitrogens is 2. The van der Waals surface area contributed by atoms with Gasteiger partial charge in [-0.3, -0.25) is 0 Å². The van der Waals surface area contributed by atoms with Crippen molar-refractivity contribution < 1.29 is 0 Å². The van der Waals surface area contributed by atoms with E-state index in [-0.39, 0.29) is 0 Å². The van der Waals surface area contributed by atoms with Crippen LogP contribution in [0.5, 0.6) is 0 Å². The van der Waals surface area contributed by atoms with Gasteiger partial charge in [0.25, 0.3) is 0 Å². The van der Waals surface area contributed by atoms with E-state index in [9.17, 15) is 0 Å². The number of hydrogen-bond donors (Lipinski definition) is 1. The van der Waals surface area contributed by atoms with Gasteiger partial charge in [-0.25, -0.2) is 9.97 Å². The van der Waals surface area contributed by atoms with Crippen molar-refractivity contribution in [3.8, 4) is 0 Å². The summed E-state index contributed by atoms with van der Waals surface area (Å²) in [5.74, 6) is 1.20. The zero-order chi connectivity index (χ0) is 13.1. The maximum Gasteiger partial charge on any atom is 0.138 e. The lowest BCUT2D eigenvalue weighted by atomic mass is 10.0. The van der Waals surface area contributed by atoms with E-state index >= 15 is 0 Å². The molecule has 18 heavy (non-hydrogen) atoms. The van der Waals surface area contributed by atoms with Crippen LogP contribution < -0.4 is 5.32 Å². The highest BCUT2D eigenvalue weighted by atomic mass is 35.5. The molecule has 0 saturated heterocycles. The summed E-state index contributed by atoms with van der Waals surface area (Å²) in [4.78, 5) is 8.18. The molecule has 1 aromatic heterocycles. The fraction of sp³-hybridized carbons (Fsp3) is 0.286. The van der Waals surface area contributed by atoms with E-state index in [0.29, 0.717) is 11.1 Å². The molecule has 1 N–H and O–H groups in total. The van der Waals surface area contributed by atoms with E-state index in [4.69, 9.17) is 11.6 Å². The van der Waals surface area contributed by atoms with Crippen LogP contribution in [0, 0.1) is 6.92 Å². The molecule has 0 atom stereocenters. The molecule has 0 unspecified atom stereocenters. The van der Waals surface area contributed by atoms with Crippen molar-refractivity contribution in [2.75, 3.05) is 5.32 Å². The Morgan fingerprint density at radius 1 is 1.17 bits per heavy atom. The van der Waals surface area contributed by atoms with Crippen LogP contribution in [0.15, 0.2) is 30.6 Å². The molecule has 0 aliphatic rings. The van der Waals surface area contributed by atoms with Crippen molar-refractivity contribution in [1.82, 2.24) is 9.97 Å². The Bertz CT molecular complexity index is 552. The van der Waals surface area contributed by atoms with Gasteiger partial charge in [0.2, 0.25) is 0 Å². The predicted molar refractivity (Wildman–Crippen MR) is 75.6 cm³/mol. The second-order valence-electron chi connectivity index (χ2n) is 4.51. The van der Waals surface area contributed by atoms with Crippen LogP contribution in [0.4, 0.5) is 11.5 Å². The van der Waals surface area contributed by atoms with Crippen molar-refractivity contribution in [2.24, 2.45) is 0 Å². The van der Waals surface area contributed by atoms with Crippen molar-refractivity contribution in [3.63, 3.8) is 0 Å². The number of anilines is 2. The van der Waals surface area contributed by atoms with Gasteiger partial charge < -0.3 is 5.32 Å². The van der Waals surface area contributed by atoms with Crippen molar-refractivity contribution in [3.05, 3.63) is 46.9 Å². The van der Waals surface area contributed by atoms with Crippen LogP contribution >= 0.6 is 11.6 Å². The third kappa shape index (κ3) is 2.62. The number of rotatable bonds is 3. The molecule has 0 saturated carbocycles. The predicted octanol–water partition coefficient (Wildman–Crippen LogP) is 4.31. The maximum absolute atomic E-state index is 5.99. The Hall–Kier alpha value is -1.61. The van der Waals surface area contributed by atoms with Crippen molar-refractivity contribution in [1.29, 1.82) is 0 Å². The second-order valence-corrected chi connectivity index (χ2v) is 4.86. The first kappa shape index (κ1) is 12.8. The number of halogens is 1. The third-order valence-electron chi connectivity index (χ3n) is 2.86. The highest BCUT2D eigenvalue weighted by Gasteiger charge is 2.09. The van der Waals surface area contributed by atoms with Gasteiger partial charge in [0.05, 0.1) is 0 Å². The molecule has 0 fully saturated rings. The molecule has 4 heteroatoms. The van der Waals surface area contributed by atoms with Crippen LogP contribution in [0.25, 0.3) is 0 Å². The maximum atomic E-state index is 5.99. The van der Waals surface area contributed by atoms with E-state index in [1.165, 1.54) is 11.9 Å². The molecule has 0 spiro atoms. The molecular weight excluding hydrogens is 246 g/mol. The number of nitrogens with one attached hydrogen (secondary N) is 1. The lowest BCUT2D eigenvalue weighted by Crippen LogP contribution is -2.01. The first-order valence-electron chi connectivity index (χ1n) is 5.92. The molecule has 2 rings (SSSR count). The summed E-state index contributed by atoms with van der Waals surface area (Å²) in [7, 11) is 0. The van der Waals surface area contributed by atoms with Crippen LogP contribution in [-0.4, -0.2) is 9.97 Å². The van der Waals surface area contributed by atoms with Gasteiger partial charge >= 0.3 is 0 Å².